The van der Waals surface area contributed by atoms with Crippen molar-refractivity contribution in [3.63, 3.8) is 0 Å². The number of rotatable bonds is 8. The van der Waals surface area contributed by atoms with E-state index >= 15 is 0 Å². The van der Waals surface area contributed by atoms with Gasteiger partial charge in [-0.3, -0.25) is 14.5 Å². The normalized spacial score (nSPS) is 16.9. The first-order valence-corrected chi connectivity index (χ1v) is 10.1. The summed E-state index contributed by atoms with van der Waals surface area (Å²) in [6.07, 6.45) is 5.00. The third kappa shape index (κ3) is 4.81. The molecule has 2 N–H and O–H groups in total. The van der Waals surface area contributed by atoms with Crippen LogP contribution < -0.4 is 10.6 Å². The van der Waals surface area contributed by atoms with Crippen LogP contribution in [0.4, 0.5) is 5.69 Å². The Bertz CT molecular complexity index is 779. The number of anilines is 1. The SMILES string of the molecule is CCc1cccc(CC)c1NC(=O)CN1CCCC1C(=O)NCc1ccco1. The first kappa shape index (κ1) is 20.1. The molecule has 28 heavy (non-hydrogen) atoms. The molecule has 3 rings (SSSR count). The minimum atomic E-state index is -0.271. The Labute approximate surface area is 166 Å². The third-order valence-electron chi connectivity index (χ3n) is 5.29. The predicted octanol–water partition coefficient (Wildman–Crippen LogP) is 3.12. The molecule has 1 aliphatic rings. The van der Waals surface area contributed by atoms with Crippen molar-refractivity contribution >= 4 is 17.5 Å². The zero-order valence-corrected chi connectivity index (χ0v) is 16.7. The minimum Gasteiger partial charge on any atom is -0.467 e. The lowest BCUT2D eigenvalue weighted by Crippen LogP contribution is -2.45. The van der Waals surface area contributed by atoms with Gasteiger partial charge in [0.15, 0.2) is 0 Å². The van der Waals surface area contributed by atoms with E-state index in [2.05, 4.69) is 36.6 Å². The summed E-state index contributed by atoms with van der Waals surface area (Å²) in [6, 6.07) is 9.49. The summed E-state index contributed by atoms with van der Waals surface area (Å²) < 4.78 is 5.26. The highest BCUT2D eigenvalue weighted by Crippen LogP contribution is 2.23. The van der Waals surface area contributed by atoms with Crippen LogP contribution in [0.1, 0.15) is 43.6 Å². The van der Waals surface area contributed by atoms with Crippen LogP contribution in [0.15, 0.2) is 41.0 Å². The molecular formula is C22H29N3O3. The van der Waals surface area contributed by atoms with Crippen molar-refractivity contribution in [1.29, 1.82) is 0 Å². The van der Waals surface area contributed by atoms with Crippen LogP contribution in [0.3, 0.4) is 0 Å². The molecule has 0 saturated carbocycles. The van der Waals surface area contributed by atoms with E-state index in [0.717, 1.165) is 54.8 Å². The van der Waals surface area contributed by atoms with Gasteiger partial charge in [-0.2, -0.15) is 0 Å². The molecule has 6 heteroatoms. The fourth-order valence-corrected chi connectivity index (χ4v) is 3.78. The molecule has 1 saturated heterocycles. The molecule has 6 nitrogen and oxygen atoms in total. The standard InChI is InChI=1S/C22H29N3O3/c1-3-16-8-5-9-17(4-2)21(16)24-20(26)15-25-12-6-11-19(25)22(27)23-14-18-10-7-13-28-18/h5,7-10,13,19H,3-4,6,11-12,14-15H2,1-2H3,(H,23,27)(H,24,26). The van der Waals surface area contributed by atoms with Crippen LogP contribution >= 0.6 is 0 Å². The zero-order valence-electron chi connectivity index (χ0n) is 16.7. The molecule has 2 aromatic rings. The maximum absolute atomic E-state index is 12.7. The summed E-state index contributed by atoms with van der Waals surface area (Å²) >= 11 is 0. The molecule has 2 amide bonds. The summed E-state index contributed by atoms with van der Waals surface area (Å²) in [5.74, 6) is 0.602. The van der Waals surface area contributed by atoms with Crippen molar-refractivity contribution in [2.45, 2.75) is 52.1 Å². The van der Waals surface area contributed by atoms with Crippen molar-refractivity contribution < 1.29 is 14.0 Å². The summed E-state index contributed by atoms with van der Waals surface area (Å²) in [5.41, 5.74) is 3.21. The van der Waals surface area contributed by atoms with Crippen LogP contribution in [0, 0.1) is 0 Å². The van der Waals surface area contributed by atoms with Crippen molar-refractivity contribution in [3.05, 3.63) is 53.5 Å². The number of furan rings is 1. The van der Waals surface area contributed by atoms with E-state index in [4.69, 9.17) is 4.42 Å². The number of likely N-dealkylation sites (tertiary alicyclic amines) is 1. The van der Waals surface area contributed by atoms with Gasteiger partial charge in [-0.25, -0.2) is 0 Å². The Kier molecular flexibility index (Phi) is 6.87. The number of benzene rings is 1. The highest BCUT2D eigenvalue weighted by Gasteiger charge is 2.32. The van der Waals surface area contributed by atoms with Crippen molar-refractivity contribution in [2.75, 3.05) is 18.4 Å². The second kappa shape index (κ2) is 9.55. The number of aryl methyl sites for hydroxylation is 2. The molecule has 0 aliphatic carbocycles. The van der Waals surface area contributed by atoms with Crippen LogP contribution in [0.5, 0.6) is 0 Å². The average Bonchev–Trinajstić information content (AvgIpc) is 3.38. The van der Waals surface area contributed by atoms with Crippen LogP contribution in [0.25, 0.3) is 0 Å². The molecule has 1 unspecified atom stereocenters. The molecule has 1 atom stereocenters. The van der Waals surface area contributed by atoms with Gasteiger partial charge in [0.2, 0.25) is 11.8 Å². The van der Waals surface area contributed by atoms with Gasteiger partial charge in [0.05, 0.1) is 25.4 Å². The lowest BCUT2D eigenvalue weighted by atomic mass is 10.0. The van der Waals surface area contributed by atoms with Gasteiger partial charge >= 0.3 is 0 Å². The van der Waals surface area contributed by atoms with Crippen molar-refractivity contribution in [2.24, 2.45) is 0 Å². The van der Waals surface area contributed by atoms with Crippen LogP contribution in [-0.2, 0) is 29.0 Å². The molecule has 1 fully saturated rings. The molecule has 2 heterocycles. The molecule has 0 spiro atoms. The highest BCUT2D eigenvalue weighted by atomic mass is 16.3. The number of para-hydroxylation sites is 1. The van der Waals surface area contributed by atoms with E-state index in [1.165, 1.54) is 0 Å². The van der Waals surface area contributed by atoms with Gasteiger partial charge in [-0.15, -0.1) is 0 Å². The Morgan fingerprint density at radius 3 is 2.54 bits per heavy atom. The molecule has 1 aromatic carbocycles. The van der Waals surface area contributed by atoms with Gasteiger partial charge in [-0.1, -0.05) is 32.0 Å². The van der Waals surface area contributed by atoms with E-state index in [1.54, 1.807) is 12.3 Å². The minimum absolute atomic E-state index is 0.0510. The second-order valence-corrected chi connectivity index (χ2v) is 7.13. The number of hydrogen-bond donors (Lipinski definition) is 2. The fraction of sp³-hybridized carbons (Fsp3) is 0.455. The topological polar surface area (TPSA) is 74.6 Å². The lowest BCUT2D eigenvalue weighted by Gasteiger charge is -2.23. The number of amides is 2. The van der Waals surface area contributed by atoms with E-state index in [9.17, 15) is 9.59 Å². The number of hydrogen-bond acceptors (Lipinski definition) is 4. The van der Waals surface area contributed by atoms with Gasteiger partial charge in [0, 0.05) is 5.69 Å². The summed E-state index contributed by atoms with van der Waals surface area (Å²) in [5, 5.41) is 6.00. The number of nitrogens with zero attached hydrogens (tertiary/aromatic N) is 1. The first-order valence-electron chi connectivity index (χ1n) is 10.1. The number of nitrogens with one attached hydrogen (secondary N) is 2. The lowest BCUT2D eigenvalue weighted by molar-refractivity contribution is -0.126. The molecule has 1 aromatic heterocycles. The molecule has 150 valence electrons. The van der Waals surface area contributed by atoms with Crippen molar-refractivity contribution in [1.82, 2.24) is 10.2 Å². The van der Waals surface area contributed by atoms with Crippen LogP contribution in [-0.4, -0.2) is 35.8 Å². The van der Waals surface area contributed by atoms with Gasteiger partial charge in [-0.05, 0) is 55.5 Å². The van der Waals surface area contributed by atoms with Gasteiger partial charge in [0.25, 0.3) is 0 Å². The summed E-state index contributed by atoms with van der Waals surface area (Å²) in [7, 11) is 0. The number of carbonyl (C=O) groups excluding carboxylic acids is 2. The zero-order chi connectivity index (χ0) is 19.9. The first-order chi connectivity index (χ1) is 13.6. The number of carbonyl (C=O) groups is 2. The third-order valence-corrected chi connectivity index (χ3v) is 5.29. The predicted molar refractivity (Wildman–Crippen MR) is 109 cm³/mol. The van der Waals surface area contributed by atoms with Crippen LogP contribution in [0.2, 0.25) is 0 Å². The summed E-state index contributed by atoms with van der Waals surface area (Å²) in [4.78, 5) is 27.2. The summed E-state index contributed by atoms with van der Waals surface area (Å²) in [6.45, 7) is 5.52. The average molecular weight is 383 g/mol. The van der Waals surface area contributed by atoms with Crippen molar-refractivity contribution in [3.8, 4) is 0 Å². The Morgan fingerprint density at radius 1 is 1.14 bits per heavy atom. The van der Waals surface area contributed by atoms with E-state index in [1.807, 2.05) is 17.0 Å². The van der Waals surface area contributed by atoms with E-state index in [0.29, 0.717) is 6.54 Å². The van der Waals surface area contributed by atoms with Gasteiger partial charge in [0.1, 0.15) is 5.76 Å². The monoisotopic (exact) mass is 383 g/mol. The largest absolute Gasteiger partial charge is 0.467 e. The Balaban J connectivity index is 1.59. The maximum atomic E-state index is 12.7. The maximum Gasteiger partial charge on any atom is 0.238 e. The highest BCUT2D eigenvalue weighted by molar-refractivity contribution is 5.94. The Morgan fingerprint density at radius 2 is 1.89 bits per heavy atom. The Hall–Kier alpha value is -2.60. The van der Waals surface area contributed by atoms with E-state index in [-0.39, 0.29) is 24.4 Å². The van der Waals surface area contributed by atoms with Gasteiger partial charge < -0.3 is 15.1 Å². The molecule has 0 bridgehead atoms. The smallest absolute Gasteiger partial charge is 0.238 e. The fourth-order valence-electron chi connectivity index (χ4n) is 3.78. The second-order valence-electron chi connectivity index (χ2n) is 7.13. The van der Waals surface area contributed by atoms with E-state index < -0.39 is 0 Å². The molecule has 0 radical (unpaired) electrons. The quantitative estimate of drug-likeness (QED) is 0.734. The molecule has 1 aliphatic heterocycles. The molecular weight excluding hydrogens is 354 g/mol.